The van der Waals surface area contributed by atoms with E-state index in [1.165, 1.54) is 19.3 Å². The summed E-state index contributed by atoms with van der Waals surface area (Å²) in [6.45, 7) is 5.87. The molecule has 7 heteroatoms. The molecule has 0 radical (unpaired) electrons. The summed E-state index contributed by atoms with van der Waals surface area (Å²) in [7, 11) is 0. The molecule has 7 nitrogen and oxygen atoms in total. The first-order chi connectivity index (χ1) is 11.1. The van der Waals surface area contributed by atoms with Crippen LogP contribution in [0.15, 0.2) is 0 Å². The zero-order chi connectivity index (χ0) is 16.7. The summed E-state index contributed by atoms with van der Waals surface area (Å²) in [5.41, 5.74) is 0. The van der Waals surface area contributed by atoms with E-state index in [9.17, 15) is 9.90 Å². The molecule has 2 heterocycles. The van der Waals surface area contributed by atoms with Crippen molar-refractivity contribution >= 4 is 6.03 Å². The summed E-state index contributed by atoms with van der Waals surface area (Å²) in [5.74, 6) is 2.43. The number of aliphatic hydroxyl groups excluding tert-OH is 1. The molecule has 1 aliphatic rings. The number of nitrogens with one attached hydrogen (secondary N) is 2. The standard InChI is InChI=1S/C16H29N5O2/c1-12(2)10-13(22)11-18-16(23)17-8-7-15-20-19-14-6-4-3-5-9-21(14)15/h12-13,22H,3-11H2,1-2H3,(H2,17,18,23). The molecule has 1 aromatic rings. The van der Waals surface area contributed by atoms with Crippen molar-refractivity contribution in [2.75, 3.05) is 13.1 Å². The summed E-state index contributed by atoms with van der Waals surface area (Å²) in [5, 5.41) is 23.7. The minimum atomic E-state index is -0.493. The topological polar surface area (TPSA) is 92.1 Å². The first-order valence-electron chi connectivity index (χ1n) is 8.67. The number of fused-ring (bicyclic) bond motifs is 1. The van der Waals surface area contributed by atoms with Crippen LogP contribution in [-0.2, 0) is 19.4 Å². The highest BCUT2D eigenvalue weighted by Crippen LogP contribution is 2.14. The van der Waals surface area contributed by atoms with Gasteiger partial charge in [0.15, 0.2) is 0 Å². The fraction of sp³-hybridized carbons (Fsp3) is 0.812. The van der Waals surface area contributed by atoms with Crippen LogP contribution in [0.1, 0.15) is 51.2 Å². The maximum absolute atomic E-state index is 11.7. The SMILES string of the molecule is CC(C)CC(O)CNC(=O)NCCc1nnc2n1CCCCC2. The number of aromatic nitrogens is 3. The second-order valence-electron chi connectivity index (χ2n) is 6.66. The van der Waals surface area contributed by atoms with Crippen LogP contribution < -0.4 is 10.6 Å². The first-order valence-corrected chi connectivity index (χ1v) is 8.67. The van der Waals surface area contributed by atoms with Crippen LogP contribution in [0.3, 0.4) is 0 Å². The molecule has 2 rings (SSSR count). The van der Waals surface area contributed by atoms with Gasteiger partial charge in [-0.15, -0.1) is 10.2 Å². The number of rotatable bonds is 7. The van der Waals surface area contributed by atoms with Gasteiger partial charge in [0.25, 0.3) is 0 Å². The molecule has 0 spiro atoms. The molecule has 1 aliphatic heterocycles. The normalized spacial score (nSPS) is 15.8. The highest BCUT2D eigenvalue weighted by molar-refractivity contribution is 5.73. The number of aliphatic hydroxyl groups is 1. The van der Waals surface area contributed by atoms with E-state index in [0.717, 1.165) is 24.6 Å². The summed E-state index contributed by atoms with van der Waals surface area (Å²) < 4.78 is 2.19. The molecule has 0 aromatic carbocycles. The zero-order valence-corrected chi connectivity index (χ0v) is 14.2. The Morgan fingerprint density at radius 2 is 2.09 bits per heavy atom. The third-order valence-corrected chi connectivity index (χ3v) is 4.06. The lowest BCUT2D eigenvalue weighted by molar-refractivity contribution is 0.147. The molecule has 0 fully saturated rings. The number of hydrogen-bond donors (Lipinski definition) is 3. The molecular weight excluding hydrogens is 294 g/mol. The number of carbonyl (C=O) groups excluding carboxylic acids is 1. The van der Waals surface area contributed by atoms with Crippen molar-refractivity contribution in [1.29, 1.82) is 0 Å². The van der Waals surface area contributed by atoms with Gasteiger partial charge in [-0.3, -0.25) is 0 Å². The molecule has 1 atom stereocenters. The number of nitrogens with zero attached hydrogens (tertiary/aromatic N) is 3. The average Bonchev–Trinajstić information content (AvgIpc) is 2.72. The highest BCUT2D eigenvalue weighted by Gasteiger charge is 2.14. The maximum atomic E-state index is 11.7. The van der Waals surface area contributed by atoms with Crippen molar-refractivity contribution in [1.82, 2.24) is 25.4 Å². The van der Waals surface area contributed by atoms with Crippen molar-refractivity contribution in [2.24, 2.45) is 5.92 Å². The number of hydrogen-bond acceptors (Lipinski definition) is 4. The van der Waals surface area contributed by atoms with Gasteiger partial charge in [0, 0.05) is 32.5 Å². The van der Waals surface area contributed by atoms with Gasteiger partial charge in [0.05, 0.1) is 6.10 Å². The predicted octanol–water partition coefficient (Wildman–Crippen LogP) is 1.25. The Hall–Kier alpha value is -1.63. The van der Waals surface area contributed by atoms with Crippen LogP contribution in [0.2, 0.25) is 0 Å². The Balaban J connectivity index is 1.69. The van der Waals surface area contributed by atoms with Gasteiger partial charge in [-0.25, -0.2) is 4.79 Å². The summed E-state index contributed by atoms with van der Waals surface area (Å²) >= 11 is 0. The second-order valence-corrected chi connectivity index (χ2v) is 6.66. The molecule has 1 aromatic heterocycles. The van der Waals surface area contributed by atoms with Gasteiger partial charge in [-0.05, 0) is 25.2 Å². The Kier molecular flexibility index (Phi) is 6.83. The van der Waals surface area contributed by atoms with Crippen molar-refractivity contribution < 1.29 is 9.90 Å². The largest absolute Gasteiger partial charge is 0.391 e. The van der Waals surface area contributed by atoms with E-state index in [1.54, 1.807) is 0 Å². The molecule has 130 valence electrons. The lowest BCUT2D eigenvalue weighted by atomic mass is 10.1. The Morgan fingerprint density at radius 1 is 1.26 bits per heavy atom. The number of urea groups is 1. The molecule has 0 aliphatic carbocycles. The molecule has 2 amide bonds. The number of amides is 2. The van der Waals surface area contributed by atoms with E-state index in [1.807, 2.05) is 13.8 Å². The monoisotopic (exact) mass is 323 g/mol. The van der Waals surface area contributed by atoms with Gasteiger partial charge in [0.1, 0.15) is 11.6 Å². The zero-order valence-electron chi connectivity index (χ0n) is 14.2. The second kappa shape index (κ2) is 8.86. The Bertz CT molecular complexity index is 501. The van der Waals surface area contributed by atoms with Crippen molar-refractivity contribution in [3.8, 4) is 0 Å². The fourth-order valence-corrected chi connectivity index (χ4v) is 2.92. The molecular formula is C16H29N5O2. The molecule has 0 saturated heterocycles. The average molecular weight is 323 g/mol. The van der Waals surface area contributed by atoms with Crippen LogP contribution in [-0.4, -0.2) is 45.1 Å². The number of aryl methyl sites for hydroxylation is 1. The summed E-state index contributed by atoms with van der Waals surface area (Å²) in [6, 6.07) is -0.247. The molecule has 3 N–H and O–H groups in total. The molecule has 23 heavy (non-hydrogen) atoms. The van der Waals surface area contributed by atoms with Gasteiger partial charge in [-0.2, -0.15) is 0 Å². The van der Waals surface area contributed by atoms with E-state index in [-0.39, 0.29) is 12.6 Å². The van der Waals surface area contributed by atoms with E-state index in [0.29, 0.717) is 25.3 Å². The molecule has 1 unspecified atom stereocenters. The maximum Gasteiger partial charge on any atom is 0.314 e. The smallest absolute Gasteiger partial charge is 0.314 e. The van der Waals surface area contributed by atoms with Gasteiger partial charge in [-0.1, -0.05) is 20.3 Å². The van der Waals surface area contributed by atoms with E-state index in [2.05, 4.69) is 25.4 Å². The third-order valence-electron chi connectivity index (χ3n) is 4.06. The van der Waals surface area contributed by atoms with Crippen LogP contribution in [0.5, 0.6) is 0 Å². The van der Waals surface area contributed by atoms with Crippen molar-refractivity contribution in [3.05, 3.63) is 11.6 Å². The van der Waals surface area contributed by atoms with Gasteiger partial charge in [0.2, 0.25) is 0 Å². The lowest BCUT2D eigenvalue weighted by Gasteiger charge is -2.14. The molecule has 0 bridgehead atoms. The van der Waals surface area contributed by atoms with Gasteiger partial charge >= 0.3 is 6.03 Å². The van der Waals surface area contributed by atoms with Crippen LogP contribution in [0.4, 0.5) is 4.79 Å². The van der Waals surface area contributed by atoms with Crippen molar-refractivity contribution in [3.63, 3.8) is 0 Å². The lowest BCUT2D eigenvalue weighted by Crippen LogP contribution is -2.40. The Morgan fingerprint density at radius 3 is 2.87 bits per heavy atom. The number of carbonyl (C=O) groups is 1. The first kappa shape index (κ1) is 17.7. The van der Waals surface area contributed by atoms with Gasteiger partial charge < -0.3 is 20.3 Å². The summed E-state index contributed by atoms with van der Waals surface area (Å²) in [6.07, 6.45) is 5.45. The van der Waals surface area contributed by atoms with Crippen LogP contribution in [0.25, 0.3) is 0 Å². The van der Waals surface area contributed by atoms with E-state index in [4.69, 9.17) is 0 Å². The van der Waals surface area contributed by atoms with Crippen molar-refractivity contribution in [2.45, 2.75) is 65.0 Å². The quantitative estimate of drug-likeness (QED) is 0.704. The minimum Gasteiger partial charge on any atom is -0.391 e. The van der Waals surface area contributed by atoms with E-state index >= 15 is 0 Å². The van der Waals surface area contributed by atoms with Crippen LogP contribution >= 0.6 is 0 Å². The van der Waals surface area contributed by atoms with Crippen LogP contribution in [0, 0.1) is 5.92 Å². The predicted molar refractivity (Wildman–Crippen MR) is 88.1 cm³/mol. The molecule has 0 saturated carbocycles. The Labute approximate surface area is 137 Å². The third kappa shape index (κ3) is 5.82. The minimum absolute atomic E-state index is 0.247. The van der Waals surface area contributed by atoms with E-state index < -0.39 is 6.10 Å². The highest BCUT2D eigenvalue weighted by atomic mass is 16.3. The fourth-order valence-electron chi connectivity index (χ4n) is 2.92. The summed E-state index contributed by atoms with van der Waals surface area (Å²) in [4.78, 5) is 11.7.